The van der Waals surface area contributed by atoms with E-state index in [9.17, 15) is 13.2 Å². The Morgan fingerprint density at radius 2 is 1.96 bits per heavy atom. The third kappa shape index (κ3) is 6.58. The molecule has 0 bridgehead atoms. The zero-order chi connectivity index (χ0) is 17.5. The monoisotopic (exact) mass is 342 g/mol. The van der Waals surface area contributed by atoms with Gasteiger partial charge in [-0.05, 0) is 32.4 Å². The summed E-state index contributed by atoms with van der Waals surface area (Å²) >= 11 is 0. The number of carbonyl (C=O) groups is 1. The molecule has 1 aromatic rings. The van der Waals surface area contributed by atoms with Crippen molar-refractivity contribution in [2.75, 3.05) is 23.7 Å². The zero-order valence-electron chi connectivity index (χ0n) is 14.2. The number of benzene rings is 1. The van der Waals surface area contributed by atoms with E-state index in [-0.39, 0.29) is 30.9 Å². The molecule has 0 unspecified atom stereocenters. The molecule has 0 heterocycles. The third-order valence-corrected chi connectivity index (χ3v) is 4.62. The van der Waals surface area contributed by atoms with Gasteiger partial charge < -0.3 is 9.64 Å². The molecule has 0 spiro atoms. The summed E-state index contributed by atoms with van der Waals surface area (Å²) in [5.74, 6) is 0.522. The predicted octanol–water partition coefficient (Wildman–Crippen LogP) is 2.16. The number of nitrogens with one attached hydrogen (secondary N) is 1. The van der Waals surface area contributed by atoms with E-state index >= 15 is 0 Å². The lowest BCUT2D eigenvalue weighted by molar-refractivity contribution is -0.116. The summed E-state index contributed by atoms with van der Waals surface area (Å²) in [4.78, 5) is 13.5. The first-order valence-electron chi connectivity index (χ1n) is 7.78. The molecular weight excluding hydrogens is 316 g/mol. The maximum Gasteiger partial charge on any atom is 0.224 e. The van der Waals surface area contributed by atoms with Gasteiger partial charge in [0, 0.05) is 20.0 Å². The summed E-state index contributed by atoms with van der Waals surface area (Å²) in [5, 5.41) is 0. The number of sulfonamides is 1. The number of hydrogen-bond acceptors (Lipinski definition) is 4. The highest BCUT2D eigenvalue weighted by atomic mass is 32.2. The molecule has 1 amide bonds. The van der Waals surface area contributed by atoms with Crippen LogP contribution in [0.4, 0.5) is 5.69 Å². The fraction of sp³-hybridized carbons (Fsp3) is 0.562. The first kappa shape index (κ1) is 19.4. The minimum atomic E-state index is -3.28. The number of anilines is 1. The van der Waals surface area contributed by atoms with E-state index in [2.05, 4.69) is 4.72 Å². The van der Waals surface area contributed by atoms with Crippen LogP contribution in [0.3, 0.4) is 0 Å². The highest BCUT2D eigenvalue weighted by Crippen LogP contribution is 2.28. The standard InChI is InChI=1S/C16H26N2O4S/c1-5-12-23(20,21)17-10-11-18(14(4)19)15-8-6-7-9-16(15)22-13(2)3/h6-9,13,17H,5,10-12H2,1-4H3. The topological polar surface area (TPSA) is 75.7 Å². The Kier molecular flexibility index (Phi) is 7.51. The van der Waals surface area contributed by atoms with Crippen LogP contribution in [0, 0.1) is 0 Å². The summed E-state index contributed by atoms with van der Waals surface area (Å²) < 4.78 is 31.6. The van der Waals surface area contributed by atoms with E-state index in [1.54, 1.807) is 19.1 Å². The van der Waals surface area contributed by atoms with E-state index in [0.717, 1.165) is 0 Å². The van der Waals surface area contributed by atoms with Crippen molar-refractivity contribution in [2.24, 2.45) is 0 Å². The van der Waals surface area contributed by atoms with Gasteiger partial charge in [-0.15, -0.1) is 0 Å². The predicted molar refractivity (Wildman–Crippen MR) is 92.3 cm³/mol. The van der Waals surface area contributed by atoms with Gasteiger partial charge in [-0.3, -0.25) is 4.79 Å². The average Bonchev–Trinajstić information content (AvgIpc) is 2.43. The van der Waals surface area contributed by atoms with Crippen LogP contribution in [0.1, 0.15) is 34.1 Å². The van der Waals surface area contributed by atoms with E-state index in [0.29, 0.717) is 17.9 Å². The molecule has 7 heteroatoms. The van der Waals surface area contributed by atoms with Crippen LogP contribution in [0.5, 0.6) is 5.75 Å². The van der Waals surface area contributed by atoms with Crippen molar-refractivity contribution in [3.8, 4) is 5.75 Å². The number of ether oxygens (including phenoxy) is 1. The number of rotatable bonds is 9. The van der Waals surface area contributed by atoms with Crippen molar-refractivity contribution in [3.05, 3.63) is 24.3 Å². The lowest BCUT2D eigenvalue weighted by atomic mass is 10.2. The Morgan fingerprint density at radius 1 is 1.30 bits per heavy atom. The van der Waals surface area contributed by atoms with Gasteiger partial charge in [-0.1, -0.05) is 19.1 Å². The van der Waals surface area contributed by atoms with Gasteiger partial charge in [0.25, 0.3) is 0 Å². The van der Waals surface area contributed by atoms with Gasteiger partial charge in [0.05, 0.1) is 17.5 Å². The summed E-state index contributed by atoms with van der Waals surface area (Å²) in [5.41, 5.74) is 0.642. The van der Waals surface area contributed by atoms with Gasteiger partial charge in [-0.25, -0.2) is 13.1 Å². The minimum Gasteiger partial charge on any atom is -0.489 e. The van der Waals surface area contributed by atoms with Gasteiger partial charge in [-0.2, -0.15) is 0 Å². The first-order chi connectivity index (χ1) is 10.8. The van der Waals surface area contributed by atoms with Crippen molar-refractivity contribution in [1.29, 1.82) is 0 Å². The SMILES string of the molecule is CCCS(=O)(=O)NCCN(C(C)=O)c1ccccc1OC(C)C. The van der Waals surface area contributed by atoms with E-state index < -0.39 is 10.0 Å². The number of hydrogen-bond donors (Lipinski definition) is 1. The van der Waals surface area contributed by atoms with Gasteiger partial charge >= 0.3 is 0 Å². The molecule has 0 aliphatic heterocycles. The molecule has 0 saturated carbocycles. The van der Waals surface area contributed by atoms with Crippen molar-refractivity contribution in [2.45, 2.75) is 40.2 Å². The largest absolute Gasteiger partial charge is 0.489 e. The van der Waals surface area contributed by atoms with Crippen LogP contribution in [-0.4, -0.2) is 39.3 Å². The third-order valence-electron chi connectivity index (χ3n) is 3.03. The molecule has 0 aliphatic carbocycles. The molecule has 23 heavy (non-hydrogen) atoms. The maximum absolute atomic E-state index is 12.0. The zero-order valence-corrected chi connectivity index (χ0v) is 15.0. The number of nitrogens with zero attached hydrogens (tertiary/aromatic N) is 1. The number of carbonyl (C=O) groups excluding carboxylic acids is 1. The lowest BCUT2D eigenvalue weighted by Crippen LogP contribution is -2.38. The molecule has 0 fully saturated rings. The van der Waals surface area contributed by atoms with Gasteiger partial charge in [0.15, 0.2) is 0 Å². The molecular formula is C16H26N2O4S. The van der Waals surface area contributed by atoms with Crippen molar-refractivity contribution < 1.29 is 17.9 Å². The quantitative estimate of drug-likeness (QED) is 0.746. The molecule has 0 saturated heterocycles. The van der Waals surface area contributed by atoms with Crippen LogP contribution < -0.4 is 14.4 Å². The molecule has 1 N–H and O–H groups in total. The second-order valence-electron chi connectivity index (χ2n) is 5.52. The highest BCUT2D eigenvalue weighted by Gasteiger charge is 2.17. The summed E-state index contributed by atoms with van der Waals surface area (Å²) in [6.07, 6.45) is 0.532. The van der Waals surface area contributed by atoms with Crippen LogP contribution in [0.15, 0.2) is 24.3 Å². The van der Waals surface area contributed by atoms with Gasteiger partial charge in [0.1, 0.15) is 5.75 Å². The van der Waals surface area contributed by atoms with Crippen molar-refractivity contribution >= 4 is 21.6 Å². The highest BCUT2D eigenvalue weighted by molar-refractivity contribution is 7.89. The summed E-state index contributed by atoms with van der Waals surface area (Å²) in [7, 11) is -3.28. The minimum absolute atomic E-state index is 0.0204. The first-order valence-corrected chi connectivity index (χ1v) is 9.43. The number of para-hydroxylation sites is 2. The van der Waals surface area contributed by atoms with E-state index in [1.807, 2.05) is 26.0 Å². The Hall–Kier alpha value is -1.60. The second-order valence-corrected chi connectivity index (χ2v) is 7.44. The van der Waals surface area contributed by atoms with Crippen LogP contribution in [0.25, 0.3) is 0 Å². The van der Waals surface area contributed by atoms with Crippen molar-refractivity contribution in [1.82, 2.24) is 4.72 Å². The van der Waals surface area contributed by atoms with Crippen LogP contribution >= 0.6 is 0 Å². The number of amides is 1. The van der Waals surface area contributed by atoms with Crippen LogP contribution in [0.2, 0.25) is 0 Å². The normalized spacial score (nSPS) is 11.5. The lowest BCUT2D eigenvalue weighted by Gasteiger charge is -2.24. The van der Waals surface area contributed by atoms with E-state index in [4.69, 9.17) is 4.74 Å². The maximum atomic E-state index is 12.0. The Morgan fingerprint density at radius 3 is 2.52 bits per heavy atom. The molecule has 0 atom stereocenters. The average molecular weight is 342 g/mol. The molecule has 0 aromatic heterocycles. The molecule has 6 nitrogen and oxygen atoms in total. The van der Waals surface area contributed by atoms with E-state index in [1.165, 1.54) is 11.8 Å². The Balaban J connectivity index is 2.86. The Bertz CT molecular complexity index is 614. The van der Waals surface area contributed by atoms with Crippen LogP contribution in [-0.2, 0) is 14.8 Å². The molecule has 0 aliphatic rings. The molecule has 0 radical (unpaired) electrons. The molecule has 130 valence electrons. The fourth-order valence-electron chi connectivity index (χ4n) is 2.14. The second kappa shape index (κ2) is 8.88. The molecule has 1 aromatic carbocycles. The van der Waals surface area contributed by atoms with Gasteiger partial charge in [0.2, 0.25) is 15.9 Å². The summed E-state index contributed by atoms with van der Waals surface area (Å²) in [6.45, 7) is 7.49. The summed E-state index contributed by atoms with van der Waals surface area (Å²) in [6, 6.07) is 7.25. The molecule has 1 rings (SSSR count). The van der Waals surface area contributed by atoms with Crippen molar-refractivity contribution in [3.63, 3.8) is 0 Å². The Labute approximate surface area is 138 Å². The smallest absolute Gasteiger partial charge is 0.224 e. The fourth-order valence-corrected chi connectivity index (χ4v) is 3.22.